The Morgan fingerprint density at radius 2 is 1.56 bits per heavy atom. The second-order valence-electron chi connectivity index (χ2n) is 8.17. The molecule has 0 radical (unpaired) electrons. The second-order valence-corrected chi connectivity index (χ2v) is 8.17. The van der Waals surface area contributed by atoms with Gasteiger partial charge in [-0.25, -0.2) is 0 Å². The van der Waals surface area contributed by atoms with Crippen LogP contribution in [0.25, 0.3) is 0 Å². The first kappa shape index (κ1) is 19.9. The lowest BCUT2D eigenvalue weighted by atomic mass is 9.89. The molecule has 3 rings (SSSR count). The van der Waals surface area contributed by atoms with Gasteiger partial charge in [0.15, 0.2) is 0 Å². The third-order valence-electron chi connectivity index (χ3n) is 6.17. The summed E-state index contributed by atoms with van der Waals surface area (Å²) in [4.78, 5) is 27.4. The lowest BCUT2D eigenvalue weighted by molar-refractivity contribution is -0.138. The molecule has 0 atom stereocenters. The first-order valence-electron chi connectivity index (χ1n) is 10.4. The van der Waals surface area contributed by atoms with Gasteiger partial charge in [-0.3, -0.25) is 14.5 Å². The van der Waals surface area contributed by atoms with Crippen LogP contribution < -0.4 is 0 Å². The van der Waals surface area contributed by atoms with Gasteiger partial charge < -0.3 is 10.0 Å². The van der Waals surface area contributed by atoms with Crippen LogP contribution in [0.5, 0.6) is 0 Å². The smallest absolute Gasteiger partial charge is 0.317 e. The highest BCUT2D eigenvalue weighted by atomic mass is 16.4. The van der Waals surface area contributed by atoms with Crippen LogP contribution in [0, 0.1) is 11.8 Å². The van der Waals surface area contributed by atoms with E-state index >= 15 is 0 Å². The number of carboxylic acids is 1. The number of hydrogen-bond acceptors (Lipinski definition) is 3. The van der Waals surface area contributed by atoms with E-state index in [4.69, 9.17) is 5.11 Å². The fourth-order valence-electron chi connectivity index (χ4n) is 4.44. The predicted molar refractivity (Wildman–Crippen MR) is 105 cm³/mol. The molecule has 148 valence electrons. The fraction of sp³-hybridized carbons (Fsp3) is 0.636. The molecule has 0 spiro atoms. The molecule has 0 aromatic heterocycles. The zero-order valence-corrected chi connectivity index (χ0v) is 16.2. The summed E-state index contributed by atoms with van der Waals surface area (Å²) in [5.74, 6) is 0.810. The van der Waals surface area contributed by atoms with Crippen LogP contribution in [-0.4, -0.2) is 59.5 Å². The molecular weight excluding hydrogens is 340 g/mol. The number of carbonyl (C=O) groups is 2. The highest BCUT2D eigenvalue weighted by Crippen LogP contribution is 2.25. The van der Waals surface area contributed by atoms with Crippen molar-refractivity contribution >= 4 is 11.9 Å². The molecule has 2 heterocycles. The number of aliphatic carboxylic acids is 1. The molecule has 2 saturated heterocycles. The fourth-order valence-corrected chi connectivity index (χ4v) is 4.44. The maximum atomic E-state index is 12.6. The Morgan fingerprint density at radius 3 is 2.19 bits per heavy atom. The van der Waals surface area contributed by atoms with E-state index in [0.717, 1.165) is 64.7 Å². The van der Waals surface area contributed by atoms with E-state index in [1.807, 2.05) is 4.90 Å². The Balaban J connectivity index is 1.32. The first-order chi connectivity index (χ1) is 13.1. The Morgan fingerprint density at radius 1 is 0.926 bits per heavy atom. The van der Waals surface area contributed by atoms with Crippen molar-refractivity contribution in [3.63, 3.8) is 0 Å². The lowest BCUT2D eigenvalue weighted by Crippen LogP contribution is -2.40. The third kappa shape index (κ3) is 6.35. The normalized spacial score (nSPS) is 19.9. The summed E-state index contributed by atoms with van der Waals surface area (Å²) in [5.41, 5.74) is 1.40. The van der Waals surface area contributed by atoms with Crippen molar-refractivity contribution in [3.8, 4) is 0 Å². The maximum Gasteiger partial charge on any atom is 0.317 e. The molecule has 1 aromatic rings. The van der Waals surface area contributed by atoms with Crippen LogP contribution in [0.1, 0.15) is 44.1 Å². The zero-order valence-electron chi connectivity index (χ0n) is 16.2. The van der Waals surface area contributed by atoms with Gasteiger partial charge in [-0.2, -0.15) is 0 Å². The number of amides is 1. The summed E-state index contributed by atoms with van der Waals surface area (Å²) in [6.07, 6.45) is 6.95. The van der Waals surface area contributed by atoms with E-state index in [-0.39, 0.29) is 6.54 Å². The van der Waals surface area contributed by atoms with Gasteiger partial charge in [0.05, 0.1) is 6.54 Å². The molecule has 1 amide bonds. The summed E-state index contributed by atoms with van der Waals surface area (Å²) in [5, 5.41) is 8.86. The molecule has 0 bridgehead atoms. The number of nitrogens with zero attached hydrogens (tertiary/aromatic N) is 2. The minimum atomic E-state index is -0.751. The highest BCUT2D eigenvalue weighted by Gasteiger charge is 2.25. The van der Waals surface area contributed by atoms with E-state index in [0.29, 0.717) is 24.2 Å². The summed E-state index contributed by atoms with van der Waals surface area (Å²) in [6.45, 7) is 3.62. The summed E-state index contributed by atoms with van der Waals surface area (Å²) in [6, 6.07) is 10.6. The highest BCUT2D eigenvalue weighted by molar-refractivity contribution is 5.76. The maximum absolute atomic E-state index is 12.6. The van der Waals surface area contributed by atoms with Crippen molar-refractivity contribution in [2.24, 2.45) is 11.8 Å². The van der Waals surface area contributed by atoms with E-state index in [9.17, 15) is 9.59 Å². The molecule has 2 aliphatic heterocycles. The van der Waals surface area contributed by atoms with Crippen molar-refractivity contribution in [1.29, 1.82) is 0 Å². The first-order valence-corrected chi connectivity index (χ1v) is 10.4. The Labute approximate surface area is 162 Å². The van der Waals surface area contributed by atoms with Crippen molar-refractivity contribution in [2.45, 2.75) is 44.9 Å². The van der Waals surface area contributed by atoms with E-state index in [1.54, 1.807) is 0 Å². The average Bonchev–Trinajstić information content (AvgIpc) is 2.68. The number of carbonyl (C=O) groups excluding carboxylic acids is 1. The lowest BCUT2D eigenvalue weighted by Gasteiger charge is -2.33. The number of piperidine rings is 2. The Bertz CT molecular complexity index is 603. The standard InChI is InChI=1S/C22H32N2O3/c25-21(7-6-18-8-12-23(13-9-18)17-22(26)27)24-14-10-20(11-15-24)16-19-4-2-1-3-5-19/h1-5,18,20H,6-17H2,(H,26,27). The summed E-state index contributed by atoms with van der Waals surface area (Å²) in [7, 11) is 0. The van der Waals surface area contributed by atoms with Gasteiger partial charge in [-0.1, -0.05) is 30.3 Å². The summed E-state index contributed by atoms with van der Waals surface area (Å²) >= 11 is 0. The minimum Gasteiger partial charge on any atom is -0.480 e. The number of likely N-dealkylation sites (tertiary alicyclic amines) is 2. The Kier molecular flexibility index (Phi) is 7.27. The largest absolute Gasteiger partial charge is 0.480 e. The van der Waals surface area contributed by atoms with Gasteiger partial charge in [0.1, 0.15) is 0 Å². The van der Waals surface area contributed by atoms with Gasteiger partial charge in [0.2, 0.25) is 5.91 Å². The number of benzene rings is 1. The molecule has 0 aliphatic carbocycles. The average molecular weight is 373 g/mol. The topological polar surface area (TPSA) is 60.9 Å². The van der Waals surface area contributed by atoms with Crippen LogP contribution in [0.15, 0.2) is 30.3 Å². The quantitative estimate of drug-likeness (QED) is 0.799. The summed E-state index contributed by atoms with van der Waals surface area (Å²) < 4.78 is 0. The SMILES string of the molecule is O=C(O)CN1CCC(CCC(=O)N2CCC(Cc3ccccc3)CC2)CC1. The molecule has 0 unspecified atom stereocenters. The molecule has 2 fully saturated rings. The number of rotatable bonds is 7. The molecule has 2 aliphatic rings. The molecule has 27 heavy (non-hydrogen) atoms. The third-order valence-corrected chi connectivity index (χ3v) is 6.17. The molecular formula is C22H32N2O3. The molecule has 1 N–H and O–H groups in total. The van der Waals surface area contributed by atoms with Gasteiger partial charge >= 0.3 is 5.97 Å². The van der Waals surface area contributed by atoms with Crippen LogP contribution in [0.4, 0.5) is 0 Å². The molecule has 0 saturated carbocycles. The van der Waals surface area contributed by atoms with Gasteiger partial charge in [0.25, 0.3) is 0 Å². The van der Waals surface area contributed by atoms with Crippen molar-refractivity contribution in [2.75, 3.05) is 32.7 Å². The monoisotopic (exact) mass is 372 g/mol. The number of hydrogen-bond donors (Lipinski definition) is 1. The molecule has 5 nitrogen and oxygen atoms in total. The Hall–Kier alpha value is -1.88. The second kappa shape index (κ2) is 9.88. The van der Waals surface area contributed by atoms with Gasteiger partial charge in [-0.05, 0) is 69.0 Å². The van der Waals surface area contributed by atoms with Crippen molar-refractivity contribution < 1.29 is 14.7 Å². The predicted octanol–water partition coefficient (Wildman–Crippen LogP) is 3.04. The molecule has 5 heteroatoms. The van der Waals surface area contributed by atoms with Crippen molar-refractivity contribution in [1.82, 2.24) is 9.80 Å². The van der Waals surface area contributed by atoms with Crippen LogP contribution in [-0.2, 0) is 16.0 Å². The zero-order chi connectivity index (χ0) is 19.1. The van der Waals surface area contributed by atoms with E-state index in [2.05, 4.69) is 35.2 Å². The van der Waals surface area contributed by atoms with Crippen LogP contribution >= 0.6 is 0 Å². The number of carboxylic acid groups (broad SMARTS) is 1. The van der Waals surface area contributed by atoms with E-state index in [1.165, 1.54) is 5.56 Å². The van der Waals surface area contributed by atoms with Gasteiger partial charge in [-0.15, -0.1) is 0 Å². The van der Waals surface area contributed by atoms with Crippen LogP contribution in [0.2, 0.25) is 0 Å². The van der Waals surface area contributed by atoms with Crippen molar-refractivity contribution in [3.05, 3.63) is 35.9 Å². The molecule has 1 aromatic carbocycles. The van der Waals surface area contributed by atoms with Gasteiger partial charge in [0, 0.05) is 19.5 Å². The minimum absolute atomic E-state index is 0.142. The van der Waals surface area contributed by atoms with E-state index < -0.39 is 5.97 Å². The van der Waals surface area contributed by atoms with Crippen LogP contribution in [0.3, 0.4) is 0 Å².